The summed E-state index contributed by atoms with van der Waals surface area (Å²) in [6.45, 7) is 2.29. The highest BCUT2D eigenvalue weighted by Gasteiger charge is 2.25. The van der Waals surface area contributed by atoms with E-state index < -0.39 is 5.91 Å². The van der Waals surface area contributed by atoms with Crippen molar-refractivity contribution in [1.82, 2.24) is 10.4 Å². The SMILES string of the molecule is O=C(C=Cc1ccc(C2CCCN2CCCc2ccccc2)cc1)NO. The summed E-state index contributed by atoms with van der Waals surface area (Å²) in [6.07, 6.45) is 7.77. The van der Waals surface area contributed by atoms with Crippen LogP contribution in [0.15, 0.2) is 60.7 Å². The van der Waals surface area contributed by atoms with Gasteiger partial charge >= 0.3 is 0 Å². The van der Waals surface area contributed by atoms with Crippen molar-refractivity contribution in [1.29, 1.82) is 0 Å². The Bertz CT molecular complexity index is 726. The maximum atomic E-state index is 11.1. The summed E-state index contributed by atoms with van der Waals surface area (Å²) in [7, 11) is 0. The predicted octanol–water partition coefficient (Wildman–Crippen LogP) is 3.97. The van der Waals surface area contributed by atoms with Crippen LogP contribution in [-0.2, 0) is 11.2 Å². The van der Waals surface area contributed by atoms with E-state index in [1.165, 1.54) is 36.5 Å². The number of nitrogens with zero attached hydrogens (tertiary/aromatic N) is 1. The number of likely N-dealkylation sites (tertiary alicyclic amines) is 1. The second kappa shape index (κ2) is 9.32. The number of hydrogen-bond acceptors (Lipinski definition) is 3. The Hall–Kier alpha value is -2.43. The summed E-state index contributed by atoms with van der Waals surface area (Å²) >= 11 is 0. The minimum absolute atomic E-state index is 0.490. The minimum atomic E-state index is -0.519. The Morgan fingerprint density at radius 1 is 1.15 bits per heavy atom. The van der Waals surface area contributed by atoms with Gasteiger partial charge in [0.1, 0.15) is 0 Å². The molecule has 0 spiro atoms. The zero-order valence-corrected chi connectivity index (χ0v) is 15.0. The molecule has 2 aromatic rings. The van der Waals surface area contributed by atoms with Crippen molar-refractivity contribution in [2.45, 2.75) is 31.7 Å². The van der Waals surface area contributed by atoms with Gasteiger partial charge in [-0.15, -0.1) is 0 Å². The predicted molar refractivity (Wildman–Crippen MR) is 104 cm³/mol. The molecule has 1 heterocycles. The Labute approximate surface area is 155 Å². The molecule has 4 heteroatoms. The average molecular weight is 350 g/mol. The highest BCUT2D eigenvalue weighted by molar-refractivity contribution is 5.90. The first-order valence-electron chi connectivity index (χ1n) is 9.26. The molecule has 1 amide bonds. The van der Waals surface area contributed by atoms with Crippen molar-refractivity contribution >= 4 is 12.0 Å². The molecule has 1 fully saturated rings. The third-order valence-electron chi connectivity index (χ3n) is 4.98. The fourth-order valence-electron chi connectivity index (χ4n) is 3.64. The minimum Gasteiger partial charge on any atom is -0.296 e. The zero-order chi connectivity index (χ0) is 18.2. The summed E-state index contributed by atoms with van der Waals surface area (Å²) in [4.78, 5) is 13.6. The molecule has 0 aromatic heterocycles. The van der Waals surface area contributed by atoms with E-state index >= 15 is 0 Å². The molecule has 26 heavy (non-hydrogen) atoms. The third-order valence-corrected chi connectivity index (χ3v) is 4.98. The van der Waals surface area contributed by atoms with E-state index in [0.717, 1.165) is 25.1 Å². The maximum Gasteiger partial charge on any atom is 0.267 e. The van der Waals surface area contributed by atoms with Crippen LogP contribution in [-0.4, -0.2) is 29.1 Å². The quantitative estimate of drug-likeness (QED) is 0.451. The van der Waals surface area contributed by atoms with E-state index in [9.17, 15) is 4.79 Å². The molecule has 1 saturated heterocycles. The van der Waals surface area contributed by atoms with Gasteiger partial charge in [-0.3, -0.25) is 14.9 Å². The summed E-state index contributed by atoms with van der Waals surface area (Å²) in [5.41, 5.74) is 5.29. The number of aryl methyl sites for hydroxylation is 1. The van der Waals surface area contributed by atoms with Crippen molar-refractivity contribution in [2.75, 3.05) is 13.1 Å². The van der Waals surface area contributed by atoms with Gasteiger partial charge in [0.2, 0.25) is 0 Å². The number of nitrogens with one attached hydrogen (secondary N) is 1. The van der Waals surface area contributed by atoms with Gasteiger partial charge in [0.15, 0.2) is 0 Å². The highest BCUT2D eigenvalue weighted by atomic mass is 16.5. The molecule has 0 aliphatic carbocycles. The normalized spacial score (nSPS) is 17.7. The summed E-state index contributed by atoms with van der Waals surface area (Å²) in [6, 6.07) is 19.5. The first kappa shape index (κ1) is 18.4. The molecule has 0 saturated carbocycles. The fraction of sp³-hybridized carbons (Fsp3) is 0.318. The number of hydrogen-bond donors (Lipinski definition) is 2. The third kappa shape index (κ3) is 5.04. The van der Waals surface area contributed by atoms with Gasteiger partial charge < -0.3 is 0 Å². The molecular formula is C22H26N2O2. The van der Waals surface area contributed by atoms with Crippen LogP contribution in [0, 0.1) is 0 Å². The topological polar surface area (TPSA) is 52.6 Å². The monoisotopic (exact) mass is 350 g/mol. The first-order chi connectivity index (χ1) is 12.8. The van der Waals surface area contributed by atoms with E-state index in [-0.39, 0.29) is 0 Å². The van der Waals surface area contributed by atoms with Gasteiger partial charge in [0, 0.05) is 12.1 Å². The van der Waals surface area contributed by atoms with Gasteiger partial charge in [-0.2, -0.15) is 0 Å². The van der Waals surface area contributed by atoms with Gasteiger partial charge in [0.25, 0.3) is 5.91 Å². The second-order valence-corrected chi connectivity index (χ2v) is 6.76. The van der Waals surface area contributed by atoms with Crippen LogP contribution in [0.25, 0.3) is 6.08 Å². The van der Waals surface area contributed by atoms with Crippen molar-refractivity contribution in [3.63, 3.8) is 0 Å². The van der Waals surface area contributed by atoms with Crippen LogP contribution in [0.2, 0.25) is 0 Å². The lowest BCUT2D eigenvalue weighted by Crippen LogP contribution is -2.24. The molecule has 2 N–H and O–H groups in total. The standard InChI is InChI=1S/C22H26N2O2/c25-22(23-26)15-12-19-10-13-20(14-11-19)21-9-5-17-24(21)16-4-8-18-6-2-1-3-7-18/h1-3,6-7,10-15,21,26H,4-5,8-9,16-17H2,(H,23,25). The lowest BCUT2D eigenvalue weighted by molar-refractivity contribution is -0.124. The van der Waals surface area contributed by atoms with E-state index in [1.807, 2.05) is 12.1 Å². The molecule has 2 aromatic carbocycles. The zero-order valence-electron chi connectivity index (χ0n) is 15.0. The Morgan fingerprint density at radius 3 is 2.65 bits per heavy atom. The maximum absolute atomic E-state index is 11.1. The van der Waals surface area contributed by atoms with Gasteiger partial charge in [0.05, 0.1) is 0 Å². The van der Waals surface area contributed by atoms with E-state index in [1.54, 1.807) is 11.6 Å². The average Bonchev–Trinajstić information content (AvgIpc) is 3.16. The molecule has 1 atom stereocenters. The summed E-state index contributed by atoms with van der Waals surface area (Å²) in [5, 5.41) is 8.52. The smallest absolute Gasteiger partial charge is 0.267 e. The molecular weight excluding hydrogens is 324 g/mol. The number of rotatable bonds is 7. The van der Waals surface area contributed by atoms with Crippen LogP contribution >= 0.6 is 0 Å². The molecule has 1 unspecified atom stereocenters. The van der Waals surface area contributed by atoms with Gasteiger partial charge in [-0.05, 0) is 61.5 Å². The molecule has 3 rings (SSSR count). The highest BCUT2D eigenvalue weighted by Crippen LogP contribution is 2.32. The lowest BCUT2D eigenvalue weighted by atomic mass is 10.0. The molecule has 1 aliphatic rings. The second-order valence-electron chi connectivity index (χ2n) is 6.76. The van der Waals surface area contributed by atoms with Crippen LogP contribution < -0.4 is 5.48 Å². The molecule has 4 nitrogen and oxygen atoms in total. The van der Waals surface area contributed by atoms with Crippen LogP contribution in [0.1, 0.15) is 42.0 Å². The number of carbonyl (C=O) groups is 1. The van der Waals surface area contributed by atoms with Crippen molar-refractivity contribution in [3.8, 4) is 0 Å². The molecule has 0 radical (unpaired) electrons. The first-order valence-corrected chi connectivity index (χ1v) is 9.26. The van der Waals surface area contributed by atoms with E-state index in [4.69, 9.17) is 5.21 Å². The Morgan fingerprint density at radius 2 is 1.92 bits per heavy atom. The number of hydroxylamine groups is 1. The van der Waals surface area contributed by atoms with Crippen LogP contribution in [0.5, 0.6) is 0 Å². The van der Waals surface area contributed by atoms with Crippen molar-refractivity contribution in [2.24, 2.45) is 0 Å². The van der Waals surface area contributed by atoms with E-state index in [0.29, 0.717) is 6.04 Å². The summed E-state index contributed by atoms with van der Waals surface area (Å²) < 4.78 is 0. The van der Waals surface area contributed by atoms with Gasteiger partial charge in [-0.1, -0.05) is 54.6 Å². The van der Waals surface area contributed by atoms with Crippen molar-refractivity contribution < 1.29 is 10.0 Å². The number of carbonyl (C=O) groups excluding carboxylic acids is 1. The van der Waals surface area contributed by atoms with Crippen molar-refractivity contribution in [3.05, 3.63) is 77.4 Å². The van der Waals surface area contributed by atoms with Crippen LogP contribution in [0.4, 0.5) is 0 Å². The van der Waals surface area contributed by atoms with E-state index in [2.05, 4.69) is 47.4 Å². The fourth-order valence-corrected chi connectivity index (χ4v) is 3.64. The molecule has 1 aliphatic heterocycles. The largest absolute Gasteiger partial charge is 0.296 e. The molecule has 136 valence electrons. The number of amides is 1. The lowest BCUT2D eigenvalue weighted by Gasteiger charge is -2.25. The summed E-state index contributed by atoms with van der Waals surface area (Å²) in [5.74, 6) is -0.519. The number of benzene rings is 2. The molecule has 0 bridgehead atoms. The Kier molecular flexibility index (Phi) is 6.58. The Balaban J connectivity index is 1.55. The van der Waals surface area contributed by atoms with Crippen LogP contribution in [0.3, 0.4) is 0 Å². The van der Waals surface area contributed by atoms with Gasteiger partial charge in [-0.25, -0.2) is 5.48 Å².